The zero-order valence-electron chi connectivity index (χ0n) is 10.5. The lowest BCUT2D eigenvalue weighted by Crippen LogP contribution is -2.25. The number of nitrogens with zero attached hydrogens (tertiary/aromatic N) is 3. The van der Waals surface area contributed by atoms with Gasteiger partial charge in [0.15, 0.2) is 0 Å². The van der Waals surface area contributed by atoms with Crippen molar-refractivity contribution in [3.05, 3.63) is 34.8 Å². The Morgan fingerprint density at radius 3 is 3.11 bits per heavy atom. The van der Waals surface area contributed by atoms with Gasteiger partial charge in [-0.05, 0) is 25.8 Å². The summed E-state index contributed by atoms with van der Waals surface area (Å²) in [4.78, 5) is 8.78. The number of aromatic nitrogens is 3. The summed E-state index contributed by atoms with van der Waals surface area (Å²) >= 11 is 1.71. The van der Waals surface area contributed by atoms with E-state index in [1.807, 2.05) is 24.1 Å². The maximum Gasteiger partial charge on any atom is 0.116 e. The molecule has 4 nitrogen and oxygen atoms in total. The minimum atomic E-state index is 0.188. The summed E-state index contributed by atoms with van der Waals surface area (Å²) in [5, 5.41) is 6.75. The lowest BCUT2D eigenvalue weighted by atomic mass is 10.2. The standard InChI is InChI=1S/C13H18N4S/c1-2-5-15-12(13-16-6-7-18-13)11-8-14-9-17(11)10-3-4-10/h6-10,12,15H,2-5H2,1H3. The Morgan fingerprint density at radius 1 is 1.56 bits per heavy atom. The Morgan fingerprint density at radius 2 is 2.44 bits per heavy atom. The van der Waals surface area contributed by atoms with Gasteiger partial charge in [0.25, 0.3) is 0 Å². The van der Waals surface area contributed by atoms with Gasteiger partial charge in [0.2, 0.25) is 0 Å². The van der Waals surface area contributed by atoms with Crippen LogP contribution in [0.3, 0.4) is 0 Å². The van der Waals surface area contributed by atoms with Gasteiger partial charge in [0.1, 0.15) is 11.0 Å². The molecule has 18 heavy (non-hydrogen) atoms. The molecule has 5 heteroatoms. The third-order valence-corrected chi connectivity index (χ3v) is 4.07. The molecule has 2 heterocycles. The van der Waals surface area contributed by atoms with Crippen LogP contribution < -0.4 is 5.32 Å². The van der Waals surface area contributed by atoms with Crippen molar-refractivity contribution in [2.75, 3.05) is 6.54 Å². The minimum Gasteiger partial charge on any atom is -0.330 e. The highest BCUT2D eigenvalue weighted by Crippen LogP contribution is 2.38. The zero-order chi connectivity index (χ0) is 12.4. The molecule has 1 aliphatic carbocycles. The monoisotopic (exact) mass is 262 g/mol. The number of thiazole rings is 1. The molecule has 1 fully saturated rings. The van der Waals surface area contributed by atoms with Crippen molar-refractivity contribution in [3.8, 4) is 0 Å². The molecule has 1 unspecified atom stereocenters. The summed E-state index contributed by atoms with van der Waals surface area (Å²) in [5.41, 5.74) is 1.25. The summed E-state index contributed by atoms with van der Waals surface area (Å²) in [6, 6.07) is 0.849. The van der Waals surface area contributed by atoms with E-state index in [4.69, 9.17) is 0 Å². The fourth-order valence-corrected chi connectivity index (χ4v) is 2.90. The Hall–Kier alpha value is -1.20. The van der Waals surface area contributed by atoms with E-state index < -0.39 is 0 Å². The van der Waals surface area contributed by atoms with Gasteiger partial charge in [0, 0.05) is 17.6 Å². The average molecular weight is 262 g/mol. The Bertz CT molecular complexity index is 487. The number of rotatable bonds is 6. The van der Waals surface area contributed by atoms with E-state index in [1.165, 1.54) is 18.5 Å². The number of nitrogens with one attached hydrogen (secondary N) is 1. The lowest BCUT2D eigenvalue weighted by molar-refractivity contribution is 0.549. The summed E-state index contributed by atoms with van der Waals surface area (Å²) in [6.07, 6.45) is 9.50. The summed E-state index contributed by atoms with van der Waals surface area (Å²) < 4.78 is 2.31. The third kappa shape index (κ3) is 2.33. The topological polar surface area (TPSA) is 42.7 Å². The van der Waals surface area contributed by atoms with Crippen LogP contribution in [0.5, 0.6) is 0 Å². The molecule has 0 spiro atoms. The van der Waals surface area contributed by atoms with Crippen LogP contribution in [-0.2, 0) is 0 Å². The molecule has 2 aromatic rings. The van der Waals surface area contributed by atoms with E-state index in [0.717, 1.165) is 18.0 Å². The predicted molar refractivity (Wildman–Crippen MR) is 72.7 cm³/mol. The minimum absolute atomic E-state index is 0.188. The van der Waals surface area contributed by atoms with Crippen molar-refractivity contribution in [1.29, 1.82) is 0 Å². The van der Waals surface area contributed by atoms with Gasteiger partial charge in [0.05, 0.1) is 18.2 Å². The van der Waals surface area contributed by atoms with Crippen LogP contribution in [0.4, 0.5) is 0 Å². The molecule has 96 valence electrons. The number of imidazole rings is 1. The second kappa shape index (κ2) is 5.20. The van der Waals surface area contributed by atoms with E-state index in [0.29, 0.717) is 6.04 Å². The molecule has 1 saturated carbocycles. The first-order chi connectivity index (χ1) is 8.90. The van der Waals surface area contributed by atoms with E-state index in [2.05, 4.69) is 26.8 Å². The Kier molecular flexibility index (Phi) is 3.43. The van der Waals surface area contributed by atoms with Crippen molar-refractivity contribution >= 4 is 11.3 Å². The van der Waals surface area contributed by atoms with E-state index in [1.54, 1.807) is 11.3 Å². The van der Waals surface area contributed by atoms with Crippen LogP contribution in [0.15, 0.2) is 24.1 Å². The highest BCUT2D eigenvalue weighted by atomic mass is 32.1. The van der Waals surface area contributed by atoms with Crippen LogP contribution in [0, 0.1) is 0 Å². The van der Waals surface area contributed by atoms with Crippen LogP contribution >= 0.6 is 11.3 Å². The van der Waals surface area contributed by atoms with Gasteiger partial charge in [-0.1, -0.05) is 6.92 Å². The quantitative estimate of drug-likeness (QED) is 0.870. The average Bonchev–Trinajstić information content (AvgIpc) is 2.92. The molecule has 0 bridgehead atoms. The maximum absolute atomic E-state index is 4.46. The molecule has 2 aromatic heterocycles. The van der Waals surface area contributed by atoms with E-state index >= 15 is 0 Å². The van der Waals surface area contributed by atoms with Crippen LogP contribution in [0.2, 0.25) is 0 Å². The molecular weight excluding hydrogens is 244 g/mol. The highest BCUT2D eigenvalue weighted by Gasteiger charge is 2.29. The molecule has 0 aliphatic heterocycles. The molecule has 0 amide bonds. The fourth-order valence-electron chi connectivity index (χ4n) is 2.18. The van der Waals surface area contributed by atoms with Gasteiger partial charge in [-0.15, -0.1) is 11.3 Å². The second-order valence-corrected chi connectivity index (χ2v) is 5.64. The van der Waals surface area contributed by atoms with Crippen LogP contribution in [-0.4, -0.2) is 21.1 Å². The van der Waals surface area contributed by atoms with E-state index in [9.17, 15) is 0 Å². The third-order valence-electron chi connectivity index (χ3n) is 3.23. The first-order valence-corrected chi connectivity index (χ1v) is 7.42. The first kappa shape index (κ1) is 11.9. The summed E-state index contributed by atoms with van der Waals surface area (Å²) in [7, 11) is 0. The van der Waals surface area contributed by atoms with Crippen LogP contribution in [0.1, 0.15) is 49.0 Å². The Balaban J connectivity index is 1.89. The van der Waals surface area contributed by atoms with Gasteiger partial charge < -0.3 is 9.88 Å². The molecular formula is C13H18N4S. The molecule has 3 rings (SSSR count). The fraction of sp³-hybridized carbons (Fsp3) is 0.538. The van der Waals surface area contributed by atoms with Crippen molar-refractivity contribution in [2.45, 2.75) is 38.3 Å². The van der Waals surface area contributed by atoms with Gasteiger partial charge in [-0.2, -0.15) is 0 Å². The van der Waals surface area contributed by atoms with Crippen molar-refractivity contribution in [3.63, 3.8) is 0 Å². The van der Waals surface area contributed by atoms with Crippen molar-refractivity contribution in [1.82, 2.24) is 19.9 Å². The first-order valence-electron chi connectivity index (χ1n) is 6.54. The molecule has 1 atom stereocenters. The highest BCUT2D eigenvalue weighted by molar-refractivity contribution is 7.09. The largest absolute Gasteiger partial charge is 0.330 e. The number of hydrogen-bond donors (Lipinski definition) is 1. The normalized spacial score (nSPS) is 16.9. The summed E-state index contributed by atoms with van der Waals surface area (Å²) in [6.45, 7) is 3.18. The maximum atomic E-state index is 4.46. The molecule has 0 radical (unpaired) electrons. The van der Waals surface area contributed by atoms with E-state index in [-0.39, 0.29) is 6.04 Å². The SMILES string of the molecule is CCCNC(c1nccs1)c1cncn1C1CC1. The smallest absolute Gasteiger partial charge is 0.116 e. The Labute approximate surface area is 111 Å². The molecule has 0 aromatic carbocycles. The van der Waals surface area contributed by atoms with Crippen molar-refractivity contribution in [2.24, 2.45) is 0 Å². The van der Waals surface area contributed by atoms with Gasteiger partial charge >= 0.3 is 0 Å². The van der Waals surface area contributed by atoms with Gasteiger partial charge in [-0.25, -0.2) is 9.97 Å². The predicted octanol–water partition coefficient (Wildman–Crippen LogP) is 2.76. The molecule has 1 aliphatic rings. The van der Waals surface area contributed by atoms with Crippen molar-refractivity contribution < 1.29 is 0 Å². The summed E-state index contributed by atoms with van der Waals surface area (Å²) in [5.74, 6) is 0. The molecule has 1 N–H and O–H groups in total. The molecule has 0 saturated heterocycles. The second-order valence-electron chi connectivity index (χ2n) is 4.71. The zero-order valence-corrected chi connectivity index (χ0v) is 11.4. The van der Waals surface area contributed by atoms with Crippen LogP contribution in [0.25, 0.3) is 0 Å². The lowest BCUT2D eigenvalue weighted by Gasteiger charge is -2.18. The number of hydrogen-bond acceptors (Lipinski definition) is 4. The van der Waals surface area contributed by atoms with Gasteiger partial charge in [-0.3, -0.25) is 0 Å².